The molecule has 0 radical (unpaired) electrons. The molecule has 110 valence electrons. The Kier molecular flexibility index (Phi) is 4.95. The third kappa shape index (κ3) is 4.33. The van der Waals surface area contributed by atoms with Gasteiger partial charge in [-0.05, 0) is 36.1 Å². The first kappa shape index (κ1) is 15.1. The fraction of sp³-hybridized carbons (Fsp3) is 0.235. The molecule has 1 unspecified atom stereocenters. The zero-order valence-corrected chi connectivity index (χ0v) is 12.0. The van der Waals surface area contributed by atoms with Crippen LogP contribution in [0.25, 0.3) is 0 Å². The first-order valence-electron chi connectivity index (χ1n) is 6.81. The Morgan fingerprint density at radius 2 is 1.90 bits per heavy atom. The molecule has 0 bridgehead atoms. The molecule has 0 aliphatic carbocycles. The standard InChI is InChI=1S/C17H19NO3/c1-12-7-8-14(10-16(12)19)9-15(18)17(20)21-11-13-5-3-2-4-6-13/h2-8,10,15,19H,9,11,18H2,1H3. The van der Waals surface area contributed by atoms with Crippen LogP contribution in [0.2, 0.25) is 0 Å². The van der Waals surface area contributed by atoms with E-state index in [1.165, 1.54) is 0 Å². The normalized spacial score (nSPS) is 11.9. The van der Waals surface area contributed by atoms with E-state index in [9.17, 15) is 9.90 Å². The molecule has 2 aromatic rings. The number of ether oxygens (including phenoxy) is 1. The predicted molar refractivity (Wildman–Crippen MR) is 80.8 cm³/mol. The van der Waals surface area contributed by atoms with Crippen LogP contribution in [-0.4, -0.2) is 17.1 Å². The molecule has 4 nitrogen and oxygen atoms in total. The molecule has 0 saturated heterocycles. The van der Waals surface area contributed by atoms with Crippen LogP contribution >= 0.6 is 0 Å². The minimum atomic E-state index is -0.740. The van der Waals surface area contributed by atoms with Crippen molar-refractivity contribution >= 4 is 5.97 Å². The number of aromatic hydroxyl groups is 1. The van der Waals surface area contributed by atoms with Gasteiger partial charge in [0.15, 0.2) is 0 Å². The Morgan fingerprint density at radius 1 is 1.19 bits per heavy atom. The van der Waals surface area contributed by atoms with Gasteiger partial charge in [-0.2, -0.15) is 0 Å². The Balaban J connectivity index is 1.88. The molecule has 1 atom stereocenters. The Bertz CT molecular complexity index is 611. The van der Waals surface area contributed by atoms with Crippen molar-refractivity contribution in [3.63, 3.8) is 0 Å². The second-order valence-corrected chi connectivity index (χ2v) is 5.02. The van der Waals surface area contributed by atoms with E-state index in [1.807, 2.05) is 43.3 Å². The number of rotatable bonds is 5. The number of nitrogens with two attached hydrogens (primary N) is 1. The average molecular weight is 285 g/mol. The SMILES string of the molecule is Cc1ccc(CC(N)C(=O)OCc2ccccc2)cc1O. The Hall–Kier alpha value is -2.33. The number of benzene rings is 2. The monoisotopic (exact) mass is 285 g/mol. The minimum absolute atomic E-state index is 0.206. The summed E-state index contributed by atoms with van der Waals surface area (Å²) in [6.45, 7) is 2.03. The summed E-state index contributed by atoms with van der Waals surface area (Å²) in [4.78, 5) is 11.9. The second kappa shape index (κ2) is 6.90. The van der Waals surface area contributed by atoms with Gasteiger partial charge in [0.1, 0.15) is 18.4 Å². The first-order valence-corrected chi connectivity index (χ1v) is 6.81. The minimum Gasteiger partial charge on any atom is -0.508 e. The maximum atomic E-state index is 11.9. The van der Waals surface area contributed by atoms with Crippen molar-refractivity contribution in [2.45, 2.75) is 26.0 Å². The van der Waals surface area contributed by atoms with Crippen molar-refractivity contribution in [3.8, 4) is 5.75 Å². The Labute approximate surface area is 124 Å². The lowest BCUT2D eigenvalue weighted by molar-refractivity contribution is -0.146. The zero-order chi connectivity index (χ0) is 15.2. The van der Waals surface area contributed by atoms with Gasteiger partial charge in [-0.15, -0.1) is 0 Å². The molecule has 21 heavy (non-hydrogen) atoms. The first-order chi connectivity index (χ1) is 10.1. The Morgan fingerprint density at radius 3 is 2.57 bits per heavy atom. The van der Waals surface area contributed by atoms with E-state index in [0.717, 1.165) is 16.7 Å². The van der Waals surface area contributed by atoms with Gasteiger partial charge in [0.2, 0.25) is 0 Å². The summed E-state index contributed by atoms with van der Waals surface area (Å²) < 4.78 is 5.19. The van der Waals surface area contributed by atoms with Crippen LogP contribution in [0.3, 0.4) is 0 Å². The van der Waals surface area contributed by atoms with Crippen molar-refractivity contribution < 1.29 is 14.6 Å². The van der Waals surface area contributed by atoms with Gasteiger partial charge in [-0.3, -0.25) is 4.79 Å². The van der Waals surface area contributed by atoms with Crippen molar-refractivity contribution in [1.82, 2.24) is 0 Å². The summed E-state index contributed by atoms with van der Waals surface area (Å²) in [7, 11) is 0. The quantitative estimate of drug-likeness (QED) is 0.827. The fourth-order valence-electron chi connectivity index (χ4n) is 1.95. The molecule has 0 spiro atoms. The number of phenols is 1. The van der Waals surface area contributed by atoms with E-state index >= 15 is 0 Å². The van der Waals surface area contributed by atoms with E-state index in [2.05, 4.69) is 0 Å². The van der Waals surface area contributed by atoms with E-state index in [4.69, 9.17) is 10.5 Å². The lowest BCUT2D eigenvalue weighted by Crippen LogP contribution is -2.34. The lowest BCUT2D eigenvalue weighted by Gasteiger charge is -2.12. The molecule has 0 aromatic heterocycles. The van der Waals surface area contributed by atoms with Crippen molar-refractivity contribution in [3.05, 3.63) is 65.2 Å². The smallest absolute Gasteiger partial charge is 0.323 e. The van der Waals surface area contributed by atoms with Crippen LogP contribution in [0.5, 0.6) is 5.75 Å². The van der Waals surface area contributed by atoms with E-state index < -0.39 is 12.0 Å². The van der Waals surface area contributed by atoms with E-state index in [0.29, 0.717) is 6.42 Å². The molecule has 0 aliphatic rings. The molecule has 0 fully saturated rings. The highest BCUT2D eigenvalue weighted by Gasteiger charge is 2.16. The maximum Gasteiger partial charge on any atom is 0.323 e. The summed E-state index contributed by atoms with van der Waals surface area (Å²) in [5.41, 5.74) is 8.37. The van der Waals surface area contributed by atoms with Gasteiger partial charge >= 0.3 is 5.97 Å². The highest BCUT2D eigenvalue weighted by atomic mass is 16.5. The van der Waals surface area contributed by atoms with Gasteiger partial charge in [0.25, 0.3) is 0 Å². The molecule has 0 aliphatic heterocycles. The second-order valence-electron chi connectivity index (χ2n) is 5.02. The molecule has 0 saturated carbocycles. The maximum absolute atomic E-state index is 11.9. The van der Waals surface area contributed by atoms with Gasteiger partial charge in [-0.1, -0.05) is 42.5 Å². The molecular formula is C17H19NO3. The van der Waals surface area contributed by atoms with Crippen LogP contribution in [0.1, 0.15) is 16.7 Å². The molecule has 2 aromatic carbocycles. The number of phenolic OH excluding ortho intramolecular Hbond substituents is 1. The van der Waals surface area contributed by atoms with Crippen LogP contribution in [0, 0.1) is 6.92 Å². The van der Waals surface area contributed by atoms with Crippen LogP contribution in [0.15, 0.2) is 48.5 Å². The molecule has 2 rings (SSSR count). The summed E-state index contributed by atoms with van der Waals surface area (Å²) in [6.07, 6.45) is 0.335. The third-order valence-corrected chi connectivity index (χ3v) is 3.26. The highest BCUT2D eigenvalue weighted by Crippen LogP contribution is 2.18. The molecule has 4 heteroatoms. The van der Waals surface area contributed by atoms with Crippen LogP contribution < -0.4 is 5.73 Å². The molecule has 3 N–H and O–H groups in total. The number of hydrogen-bond donors (Lipinski definition) is 2. The number of carbonyl (C=O) groups is 1. The summed E-state index contributed by atoms with van der Waals surface area (Å²) in [5, 5.41) is 9.65. The number of aryl methyl sites for hydroxylation is 1. The van der Waals surface area contributed by atoms with Gasteiger partial charge in [0.05, 0.1) is 0 Å². The zero-order valence-electron chi connectivity index (χ0n) is 12.0. The van der Waals surface area contributed by atoms with Crippen LogP contribution in [0.4, 0.5) is 0 Å². The average Bonchev–Trinajstić information content (AvgIpc) is 2.49. The molecule has 0 heterocycles. The van der Waals surface area contributed by atoms with E-state index in [-0.39, 0.29) is 12.4 Å². The van der Waals surface area contributed by atoms with Gasteiger partial charge in [-0.25, -0.2) is 0 Å². The lowest BCUT2D eigenvalue weighted by atomic mass is 10.0. The number of hydrogen-bond acceptors (Lipinski definition) is 4. The largest absolute Gasteiger partial charge is 0.508 e. The summed E-state index contributed by atoms with van der Waals surface area (Å²) >= 11 is 0. The number of esters is 1. The van der Waals surface area contributed by atoms with Crippen molar-refractivity contribution in [1.29, 1.82) is 0 Å². The van der Waals surface area contributed by atoms with Crippen LogP contribution in [-0.2, 0) is 22.6 Å². The van der Waals surface area contributed by atoms with Gasteiger partial charge in [0, 0.05) is 0 Å². The molecule has 0 amide bonds. The van der Waals surface area contributed by atoms with Gasteiger partial charge < -0.3 is 15.6 Å². The highest BCUT2D eigenvalue weighted by molar-refractivity contribution is 5.75. The van der Waals surface area contributed by atoms with Crippen molar-refractivity contribution in [2.75, 3.05) is 0 Å². The summed E-state index contributed by atoms with van der Waals surface area (Å²) in [5.74, 6) is -0.240. The summed E-state index contributed by atoms with van der Waals surface area (Å²) in [6, 6.07) is 14.0. The predicted octanol–water partition coefficient (Wildman–Crippen LogP) is 2.31. The van der Waals surface area contributed by atoms with Crippen molar-refractivity contribution in [2.24, 2.45) is 5.73 Å². The number of carbonyl (C=O) groups excluding carboxylic acids is 1. The fourth-order valence-corrected chi connectivity index (χ4v) is 1.95. The topological polar surface area (TPSA) is 72.6 Å². The van der Waals surface area contributed by atoms with E-state index in [1.54, 1.807) is 12.1 Å². The molecular weight excluding hydrogens is 266 g/mol. The third-order valence-electron chi connectivity index (χ3n) is 3.26.